The monoisotopic (exact) mass is 298 g/mol. The van der Waals surface area contributed by atoms with Crippen molar-refractivity contribution in [1.29, 1.82) is 0 Å². The maximum Gasteiger partial charge on any atom is 0.390 e. The molecule has 0 atom stereocenters. The van der Waals surface area contributed by atoms with E-state index in [0.29, 0.717) is 19.0 Å². The third-order valence-corrected chi connectivity index (χ3v) is 4.04. The van der Waals surface area contributed by atoms with Crippen LogP contribution in [0.15, 0.2) is 24.5 Å². The minimum Gasteiger partial charge on any atom is -0.303 e. The molecule has 0 N–H and O–H groups in total. The predicted octanol–water partition coefficient (Wildman–Crippen LogP) is 2.86. The van der Waals surface area contributed by atoms with Crippen LogP contribution in [0.3, 0.4) is 0 Å². The Hall–Kier alpha value is -1.63. The number of halogens is 3. The molecule has 7 heteroatoms. The fourth-order valence-electron chi connectivity index (χ4n) is 2.90. The molecule has 0 aliphatic carbocycles. The number of nitrogens with zero attached hydrogens (tertiary/aromatic N) is 4. The van der Waals surface area contributed by atoms with Crippen LogP contribution in [0.1, 0.15) is 30.9 Å². The Kier molecular flexibility index (Phi) is 3.84. The second-order valence-electron chi connectivity index (χ2n) is 5.45. The van der Waals surface area contributed by atoms with E-state index >= 15 is 0 Å². The van der Waals surface area contributed by atoms with Crippen molar-refractivity contribution in [2.24, 2.45) is 0 Å². The molecule has 0 spiro atoms. The number of alkyl halides is 3. The van der Waals surface area contributed by atoms with Crippen LogP contribution >= 0.6 is 0 Å². The van der Waals surface area contributed by atoms with Gasteiger partial charge < -0.3 is 4.90 Å². The summed E-state index contributed by atoms with van der Waals surface area (Å²) in [6, 6.07) is 3.80. The van der Waals surface area contributed by atoms with E-state index < -0.39 is 12.6 Å². The molecule has 4 nitrogen and oxygen atoms in total. The Bertz CT molecular complexity index is 600. The normalized spacial score (nSPS) is 18.4. The highest BCUT2D eigenvalue weighted by atomic mass is 19.4. The van der Waals surface area contributed by atoms with Gasteiger partial charge in [-0.2, -0.15) is 18.3 Å². The number of hydrogen-bond donors (Lipinski definition) is 0. The van der Waals surface area contributed by atoms with Crippen molar-refractivity contribution in [2.75, 3.05) is 19.6 Å². The van der Waals surface area contributed by atoms with Gasteiger partial charge in [0.2, 0.25) is 0 Å². The molecule has 0 unspecified atom stereocenters. The second-order valence-corrected chi connectivity index (χ2v) is 5.45. The van der Waals surface area contributed by atoms with Crippen LogP contribution < -0.4 is 0 Å². The smallest absolute Gasteiger partial charge is 0.303 e. The van der Waals surface area contributed by atoms with E-state index in [9.17, 15) is 13.2 Å². The molecule has 1 aliphatic heterocycles. The molecule has 0 radical (unpaired) electrons. The molecule has 1 saturated heterocycles. The molecule has 0 bridgehead atoms. The highest BCUT2D eigenvalue weighted by Crippen LogP contribution is 2.29. The van der Waals surface area contributed by atoms with Crippen molar-refractivity contribution >= 4 is 5.65 Å². The zero-order valence-corrected chi connectivity index (χ0v) is 11.6. The van der Waals surface area contributed by atoms with Crippen molar-refractivity contribution < 1.29 is 13.2 Å². The Morgan fingerprint density at radius 3 is 2.62 bits per heavy atom. The van der Waals surface area contributed by atoms with Crippen LogP contribution in [0.25, 0.3) is 5.65 Å². The fraction of sp³-hybridized carbons (Fsp3) is 0.571. The van der Waals surface area contributed by atoms with E-state index in [1.807, 2.05) is 21.5 Å². The van der Waals surface area contributed by atoms with Crippen LogP contribution in [0.2, 0.25) is 0 Å². The largest absolute Gasteiger partial charge is 0.390 e. The van der Waals surface area contributed by atoms with Gasteiger partial charge in [-0.05, 0) is 32.0 Å². The molecule has 1 fully saturated rings. The average molecular weight is 298 g/mol. The lowest BCUT2D eigenvalue weighted by atomic mass is 9.93. The Labute approximate surface area is 120 Å². The molecule has 114 valence electrons. The van der Waals surface area contributed by atoms with Gasteiger partial charge in [0.25, 0.3) is 0 Å². The molecular weight excluding hydrogens is 281 g/mol. The van der Waals surface area contributed by atoms with Gasteiger partial charge >= 0.3 is 6.18 Å². The minimum absolute atomic E-state index is 0.101. The zero-order valence-electron chi connectivity index (χ0n) is 11.6. The van der Waals surface area contributed by atoms with Crippen LogP contribution in [0.5, 0.6) is 0 Å². The van der Waals surface area contributed by atoms with Crippen molar-refractivity contribution in [3.8, 4) is 0 Å². The van der Waals surface area contributed by atoms with Gasteiger partial charge in [-0.25, -0.2) is 9.50 Å². The molecule has 21 heavy (non-hydrogen) atoms. The van der Waals surface area contributed by atoms with Gasteiger partial charge in [-0.15, -0.1) is 0 Å². The summed E-state index contributed by atoms with van der Waals surface area (Å²) in [4.78, 5) is 6.13. The zero-order chi connectivity index (χ0) is 14.9. The standard InChI is InChI=1S/C14H17F3N4/c15-14(16,17)5-10-20-8-3-11(4-9-20)12-1-6-18-13-2-7-19-21(12)13/h1-2,6-7,11H,3-5,8-10H2. The molecule has 0 amide bonds. The fourth-order valence-corrected chi connectivity index (χ4v) is 2.90. The van der Waals surface area contributed by atoms with Gasteiger partial charge in [0, 0.05) is 30.4 Å². The molecule has 3 heterocycles. The number of hydrogen-bond acceptors (Lipinski definition) is 3. The number of likely N-dealkylation sites (tertiary alicyclic amines) is 1. The molecule has 1 aliphatic rings. The highest BCUT2D eigenvalue weighted by Gasteiger charge is 2.29. The van der Waals surface area contributed by atoms with Crippen LogP contribution in [0, 0.1) is 0 Å². The summed E-state index contributed by atoms with van der Waals surface area (Å²) >= 11 is 0. The number of piperidine rings is 1. The topological polar surface area (TPSA) is 33.4 Å². The third-order valence-electron chi connectivity index (χ3n) is 4.04. The Morgan fingerprint density at radius 1 is 1.14 bits per heavy atom. The first-order chi connectivity index (χ1) is 10.0. The van der Waals surface area contributed by atoms with Gasteiger partial charge in [-0.3, -0.25) is 0 Å². The Balaban J connectivity index is 1.62. The maximum atomic E-state index is 12.2. The van der Waals surface area contributed by atoms with Crippen molar-refractivity contribution in [3.63, 3.8) is 0 Å². The van der Waals surface area contributed by atoms with E-state index in [1.165, 1.54) is 0 Å². The quantitative estimate of drug-likeness (QED) is 0.873. The van der Waals surface area contributed by atoms with Crippen molar-refractivity contribution in [1.82, 2.24) is 19.5 Å². The van der Waals surface area contributed by atoms with E-state index in [1.54, 1.807) is 12.4 Å². The molecule has 3 rings (SSSR count). The molecular formula is C14H17F3N4. The van der Waals surface area contributed by atoms with Crippen molar-refractivity contribution in [2.45, 2.75) is 31.4 Å². The summed E-state index contributed by atoms with van der Waals surface area (Å²) < 4.78 is 38.6. The summed E-state index contributed by atoms with van der Waals surface area (Å²) in [5, 5.41) is 4.27. The SMILES string of the molecule is FC(F)(F)CCN1CCC(c2ccnc3ccnn23)CC1. The van der Waals surface area contributed by atoms with Crippen LogP contribution in [-0.4, -0.2) is 45.3 Å². The first-order valence-corrected chi connectivity index (χ1v) is 7.11. The lowest BCUT2D eigenvalue weighted by Gasteiger charge is -2.32. The summed E-state index contributed by atoms with van der Waals surface area (Å²) in [7, 11) is 0. The number of aromatic nitrogens is 3. The summed E-state index contributed by atoms with van der Waals surface area (Å²) in [5.41, 5.74) is 1.91. The van der Waals surface area contributed by atoms with E-state index in [4.69, 9.17) is 0 Å². The molecule has 2 aromatic rings. The van der Waals surface area contributed by atoms with E-state index in [0.717, 1.165) is 24.2 Å². The molecule has 0 aromatic carbocycles. The first-order valence-electron chi connectivity index (χ1n) is 7.11. The van der Waals surface area contributed by atoms with Gasteiger partial charge in [0.15, 0.2) is 5.65 Å². The molecule has 2 aromatic heterocycles. The summed E-state index contributed by atoms with van der Waals surface area (Å²) in [6.07, 6.45) is 0.403. The minimum atomic E-state index is -4.07. The average Bonchev–Trinajstić information content (AvgIpc) is 2.93. The van der Waals surface area contributed by atoms with Gasteiger partial charge in [0.05, 0.1) is 12.6 Å². The second kappa shape index (κ2) is 5.63. The van der Waals surface area contributed by atoms with Crippen LogP contribution in [-0.2, 0) is 0 Å². The first kappa shape index (κ1) is 14.3. The van der Waals surface area contributed by atoms with E-state index in [-0.39, 0.29) is 6.54 Å². The van der Waals surface area contributed by atoms with Gasteiger partial charge in [-0.1, -0.05) is 0 Å². The van der Waals surface area contributed by atoms with Crippen LogP contribution in [0.4, 0.5) is 13.2 Å². The molecule has 0 saturated carbocycles. The van der Waals surface area contributed by atoms with Gasteiger partial charge in [0.1, 0.15) is 0 Å². The lowest BCUT2D eigenvalue weighted by molar-refractivity contribution is -0.138. The van der Waals surface area contributed by atoms with E-state index in [2.05, 4.69) is 10.1 Å². The number of fused-ring (bicyclic) bond motifs is 1. The summed E-state index contributed by atoms with van der Waals surface area (Å²) in [6.45, 7) is 1.50. The number of rotatable bonds is 3. The predicted molar refractivity (Wildman–Crippen MR) is 72.1 cm³/mol. The van der Waals surface area contributed by atoms with Crippen molar-refractivity contribution in [3.05, 3.63) is 30.2 Å². The summed E-state index contributed by atoms with van der Waals surface area (Å²) in [5.74, 6) is 0.331. The lowest BCUT2D eigenvalue weighted by Crippen LogP contribution is -2.35. The Morgan fingerprint density at radius 2 is 1.90 bits per heavy atom. The third kappa shape index (κ3) is 3.34. The maximum absolute atomic E-state index is 12.2. The highest BCUT2D eigenvalue weighted by molar-refractivity contribution is 5.37.